The molecule has 0 radical (unpaired) electrons. The van der Waals surface area contributed by atoms with Crippen molar-refractivity contribution < 1.29 is 23.1 Å². The summed E-state index contributed by atoms with van der Waals surface area (Å²) in [5.74, 6) is -2.76. The van der Waals surface area contributed by atoms with Crippen molar-refractivity contribution >= 4 is 5.97 Å². The molecule has 4 nitrogen and oxygen atoms in total. The summed E-state index contributed by atoms with van der Waals surface area (Å²) in [6.45, 7) is 8.99. The Labute approximate surface area is 93.4 Å². The molecule has 0 saturated carbocycles. The Morgan fingerprint density at radius 1 is 1.31 bits per heavy atom. The van der Waals surface area contributed by atoms with Crippen molar-refractivity contribution in [2.45, 2.75) is 20.0 Å². The molecule has 98 valence electrons. The van der Waals surface area contributed by atoms with Crippen LogP contribution in [0.5, 0.6) is 0 Å². The number of hydrogen-bond acceptors (Lipinski definition) is 3. The molecule has 16 heavy (non-hydrogen) atoms. The van der Waals surface area contributed by atoms with Gasteiger partial charge in [0, 0.05) is 13.1 Å². The molecule has 0 spiro atoms. The van der Waals surface area contributed by atoms with Crippen molar-refractivity contribution in [2.75, 3.05) is 33.2 Å². The first-order valence-electron chi connectivity index (χ1n) is 4.96. The minimum atomic E-state index is -5.08. The van der Waals surface area contributed by atoms with Gasteiger partial charge in [-0.1, -0.05) is 13.8 Å². The normalized spacial score (nSPS) is 10.9. The molecule has 0 aromatic rings. The van der Waals surface area contributed by atoms with E-state index in [1.807, 2.05) is 7.05 Å². The van der Waals surface area contributed by atoms with Crippen LogP contribution in [0.3, 0.4) is 0 Å². The number of nitrogens with zero attached hydrogens (tertiary/aromatic N) is 1. The third-order valence-electron chi connectivity index (χ3n) is 1.81. The molecule has 0 aromatic carbocycles. The largest absolute Gasteiger partial charge is 0.490 e. The van der Waals surface area contributed by atoms with E-state index in [2.05, 4.69) is 24.1 Å². The number of rotatable bonds is 5. The highest BCUT2D eigenvalue weighted by Crippen LogP contribution is 2.13. The van der Waals surface area contributed by atoms with E-state index in [0.29, 0.717) is 0 Å². The predicted octanol–water partition coefficient (Wildman–Crippen LogP) is 1.18. The van der Waals surface area contributed by atoms with Gasteiger partial charge in [0.1, 0.15) is 0 Å². The second-order valence-corrected chi connectivity index (χ2v) is 2.93. The number of hydrogen-bond donors (Lipinski definition) is 2. The van der Waals surface area contributed by atoms with Gasteiger partial charge in [-0.15, -0.1) is 0 Å². The summed E-state index contributed by atoms with van der Waals surface area (Å²) in [7, 11) is 1.99. The van der Waals surface area contributed by atoms with Crippen LogP contribution in [0.1, 0.15) is 13.8 Å². The first kappa shape index (κ1) is 17.6. The second kappa shape index (κ2) is 9.41. The Balaban J connectivity index is 0. The standard InChI is InChI=1S/C7H18N2.C2HF3O2/c1-4-9(5-2)7-6-8-3;3-2(4,5)1(6)7/h8H,4-7H2,1-3H3;(H,6,7). The van der Waals surface area contributed by atoms with Gasteiger partial charge in [-0.05, 0) is 20.1 Å². The maximum atomic E-state index is 10.6. The lowest BCUT2D eigenvalue weighted by atomic mass is 10.5. The van der Waals surface area contributed by atoms with Gasteiger partial charge in [-0.3, -0.25) is 0 Å². The van der Waals surface area contributed by atoms with Crippen LogP contribution >= 0.6 is 0 Å². The van der Waals surface area contributed by atoms with Crippen LogP contribution in [-0.2, 0) is 4.79 Å². The Morgan fingerprint density at radius 3 is 1.88 bits per heavy atom. The van der Waals surface area contributed by atoms with Crippen molar-refractivity contribution in [1.29, 1.82) is 0 Å². The Hall–Kier alpha value is -0.820. The van der Waals surface area contributed by atoms with Crippen LogP contribution in [0.25, 0.3) is 0 Å². The Morgan fingerprint density at radius 2 is 1.69 bits per heavy atom. The topological polar surface area (TPSA) is 52.6 Å². The summed E-state index contributed by atoms with van der Waals surface area (Å²) < 4.78 is 31.7. The van der Waals surface area contributed by atoms with E-state index in [4.69, 9.17) is 9.90 Å². The van der Waals surface area contributed by atoms with E-state index in [0.717, 1.165) is 19.6 Å². The molecule has 7 heteroatoms. The van der Waals surface area contributed by atoms with Crippen LogP contribution in [0.2, 0.25) is 0 Å². The number of nitrogens with one attached hydrogen (secondary N) is 1. The molecule has 0 aliphatic heterocycles. The predicted molar refractivity (Wildman–Crippen MR) is 55.4 cm³/mol. The van der Waals surface area contributed by atoms with Crippen molar-refractivity contribution in [3.8, 4) is 0 Å². The lowest BCUT2D eigenvalue weighted by Gasteiger charge is -2.16. The molecule has 0 atom stereocenters. The smallest absolute Gasteiger partial charge is 0.475 e. The molecule has 0 heterocycles. The van der Waals surface area contributed by atoms with Gasteiger partial charge in [0.2, 0.25) is 0 Å². The Kier molecular flexibility index (Phi) is 10.3. The zero-order valence-corrected chi connectivity index (χ0v) is 9.76. The number of carbonyl (C=O) groups is 1. The monoisotopic (exact) mass is 244 g/mol. The van der Waals surface area contributed by atoms with E-state index in [-0.39, 0.29) is 0 Å². The summed E-state index contributed by atoms with van der Waals surface area (Å²) in [6.07, 6.45) is -5.08. The highest BCUT2D eigenvalue weighted by atomic mass is 19.4. The van der Waals surface area contributed by atoms with E-state index in [1.165, 1.54) is 6.54 Å². The fourth-order valence-electron chi connectivity index (χ4n) is 0.810. The molecular formula is C9H19F3N2O2. The third-order valence-corrected chi connectivity index (χ3v) is 1.81. The SMILES string of the molecule is CCN(CC)CCNC.O=C(O)C(F)(F)F. The van der Waals surface area contributed by atoms with Crippen LogP contribution < -0.4 is 5.32 Å². The van der Waals surface area contributed by atoms with Gasteiger partial charge < -0.3 is 15.3 Å². The fourth-order valence-corrected chi connectivity index (χ4v) is 0.810. The highest BCUT2D eigenvalue weighted by Gasteiger charge is 2.38. The molecule has 2 N–H and O–H groups in total. The summed E-state index contributed by atoms with van der Waals surface area (Å²) in [5, 5.41) is 10.3. The fraction of sp³-hybridized carbons (Fsp3) is 0.889. The van der Waals surface area contributed by atoms with Gasteiger partial charge in [0.25, 0.3) is 0 Å². The van der Waals surface area contributed by atoms with Crippen molar-refractivity contribution in [2.24, 2.45) is 0 Å². The van der Waals surface area contributed by atoms with Crippen LogP contribution in [0.15, 0.2) is 0 Å². The number of alkyl halides is 3. The number of halogens is 3. The zero-order valence-electron chi connectivity index (χ0n) is 9.76. The molecule has 0 unspecified atom stereocenters. The minimum Gasteiger partial charge on any atom is -0.475 e. The average Bonchev–Trinajstić information content (AvgIpc) is 2.19. The van der Waals surface area contributed by atoms with E-state index < -0.39 is 12.1 Å². The molecule has 0 aromatic heterocycles. The van der Waals surface area contributed by atoms with Crippen molar-refractivity contribution in [3.05, 3.63) is 0 Å². The number of likely N-dealkylation sites (N-methyl/N-ethyl adjacent to an activating group) is 2. The van der Waals surface area contributed by atoms with E-state index in [9.17, 15) is 13.2 Å². The first-order chi connectivity index (χ1) is 7.29. The Bertz CT molecular complexity index is 182. The van der Waals surface area contributed by atoms with E-state index >= 15 is 0 Å². The lowest BCUT2D eigenvalue weighted by Crippen LogP contribution is -2.30. The molecule has 0 aliphatic rings. The van der Waals surface area contributed by atoms with Gasteiger partial charge in [-0.2, -0.15) is 13.2 Å². The lowest BCUT2D eigenvalue weighted by molar-refractivity contribution is -0.192. The quantitative estimate of drug-likeness (QED) is 0.762. The highest BCUT2D eigenvalue weighted by molar-refractivity contribution is 5.73. The molecule has 0 rings (SSSR count). The van der Waals surface area contributed by atoms with Crippen molar-refractivity contribution in [1.82, 2.24) is 10.2 Å². The van der Waals surface area contributed by atoms with Gasteiger partial charge in [-0.25, -0.2) is 4.79 Å². The van der Waals surface area contributed by atoms with Crippen molar-refractivity contribution in [3.63, 3.8) is 0 Å². The molecule has 0 aliphatic carbocycles. The van der Waals surface area contributed by atoms with Gasteiger partial charge in [0.05, 0.1) is 0 Å². The molecular weight excluding hydrogens is 225 g/mol. The number of carboxylic acid groups (broad SMARTS) is 1. The molecule has 0 amide bonds. The summed E-state index contributed by atoms with van der Waals surface area (Å²) in [4.78, 5) is 11.3. The number of carboxylic acids is 1. The average molecular weight is 244 g/mol. The molecule has 0 bridgehead atoms. The maximum Gasteiger partial charge on any atom is 0.490 e. The van der Waals surface area contributed by atoms with E-state index in [1.54, 1.807) is 0 Å². The maximum absolute atomic E-state index is 10.6. The second-order valence-electron chi connectivity index (χ2n) is 2.93. The van der Waals surface area contributed by atoms with Crippen LogP contribution in [0.4, 0.5) is 13.2 Å². The van der Waals surface area contributed by atoms with Crippen LogP contribution in [-0.4, -0.2) is 55.4 Å². The molecule has 0 saturated heterocycles. The summed E-state index contributed by atoms with van der Waals surface area (Å²) in [5.41, 5.74) is 0. The number of aliphatic carboxylic acids is 1. The minimum absolute atomic E-state index is 1.10. The van der Waals surface area contributed by atoms with Gasteiger partial charge >= 0.3 is 12.1 Å². The third kappa shape index (κ3) is 11.3. The summed E-state index contributed by atoms with van der Waals surface area (Å²) in [6, 6.07) is 0. The van der Waals surface area contributed by atoms with Crippen LogP contribution in [0, 0.1) is 0 Å². The zero-order chi connectivity index (χ0) is 13.2. The summed E-state index contributed by atoms with van der Waals surface area (Å²) >= 11 is 0. The first-order valence-corrected chi connectivity index (χ1v) is 4.96. The molecule has 0 fully saturated rings. The van der Waals surface area contributed by atoms with Gasteiger partial charge in [0.15, 0.2) is 0 Å².